The molecule has 86 valence electrons. The first kappa shape index (κ1) is 11.3. The molecule has 0 aliphatic carbocycles. The summed E-state index contributed by atoms with van der Waals surface area (Å²) in [5.74, 6) is 0. The van der Waals surface area contributed by atoms with Gasteiger partial charge in [0.2, 0.25) is 0 Å². The normalized spacial score (nSPS) is 16.6. The summed E-state index contributed by atoms with van der Waals surface area (Å²) < 4.78 is 47.0. The van der Waals surface area contributed by atoms with E-state index in [9.17, 15) is 13.2 Å². The molecule has 1 aliphatic heterocycles. The van der Waals surface area contributed by atoms with Crippen LogP contribution in [-0.2, 0) is 15.5 Å². The van der Waals surface area contributed by atoms with Gasteiger partial charge in [0.1, 0.15) is 0 Å². The molecule has 7 heteroatoms. The number of halogens is 3. The van der Waals surface area contributed by atoms with Gasteiger partial charge in [-0.3, -0.25) is 0 Å². The molecular formula is C9H9BF3NO2. The second-order valence-corrected chi connectivity index (χ2v) is 3.29. The zero-order valence-electron chi connectivity index (χ0n) is 8.25. The Balaban J connectivity index is 2.01. The molecule has 0 spiro atoms. The molecule has 1 heterocycles. The first-order chi connectivity index (χ1) is 7.55. The van der Waals surface area contributed by atoms with Crippen molar-refractivity contribution < 1.29 is 22.5 Å². The molecule has 1 saturated heterocycles. The van der Waals surface area contributed by atoms with Gasteiger partial charge in [0, 0.05) is 5.69 Å². The summed E-state index contributed by atoms with van der Waals surface area (Å²) in [7, 11) is -0.572. The first-order valence-corrected chi connectivity index (χ1v) is 4.73. The standard InChI is InChI=1S/C9H9BF3NO2/c11-9(12,13)7-1-3-8(4-2-7)14-10-15-5-6-16-10/h1-4,14H,5-6H2. The van der Waals surface area contributed by atoms with Crippen LogP contribution in [0.25, 0.3) is 0 Å². The topological polar surface area (TPSA) is 30.5 Å². The minimum Gasteiger partial charge on any atom is -0.390 e. The Morgan fingerprint density at radius 1 is 1.06 bits per heavy atom. The minimum atomic E-state index is -4.31. The highest BCUT2D eigenvalue weighted by atomic mass is 19.4. The minimum absolute atomic E-state index is 0.484. The lowest BCUT2D eigenvalue weighted by Crippen LogP contribution is -2.26. The van der Waals surface area contributed by atoms with E-state index >= 15 is 0 Å². The SMILES string of the molecule is FC(F)(F)c1ccc(NB2OCCO2)cc1. The van der Waals surface area contributed by atoms with Gasteiger partial charge in [-0.1, -0.05) is 0 Å². The smallest absolute Gasteiger partial charge is 0.390 e. The summed E-state index contributed by atoms with van der Waals surface area (Å²) in [6, 6.07) is 4.70. The van der Waals surface area contributed by atoms with Gasteiger partial charge in [0.25, 0.3) is 0 Å². The van der Waals surface area contributed by atoms with Gasteiger partial charge in [-0.2, -0.15) is 13.2 Å². The van der Waals surface area contributed by atoms with Crippen molar-refractivity contribution in [2.24, 2.45) is 0 Å². The maximum atomic E-state index is 12.3. The molecule has 1 N–H and O–H groups in total. The van der Waals surface area contributed by atoms with Gasteiger partial charge in [0.05, 0.1) is 18.8 Å². The van der Waals surface area contributed by atoms with Crippen molar-refractivity contribution in [3.05, 3.63) is 29.8 Å². The molecule has 0 amide bonds. The summed E-state index contributed by atoms with van der Waals surface area (Å²) in [6.07, 6.45) is -4.31. The molecule has 1 aliphatic rings. The Hall–Kier alpha value is -1.21. The van der Waals surface area contributed by atoms with Crippen LogP contribution in [0.3, 0.4) is 0 Å². The van der Waals surface area contributed by atoms with Gasteiger partial charge in [-0.25, -0.2) is 0 Å². The summed E-state index contributed by atoms with van der Waals surface area (Å²) in [5.41, 5.74) is -0.147. The highest BCUT2D eigenvalue weighted by Gasteiger charge is 2.30. The summed E-state index contributed by atoms with van der Waals surface area (Å²) in [6.45, 7) is 0.969. The van der Waals surface area contributed by atoms with Crippen molar-refractivity contribution in [2.45, 2.75) is 6.18 Å². The predicted molar refractivity (Wildman–Crippen MR) is 52.7 cm³/mol. The predicted octanol–water partition coefficient (Wildman–Crippen LogP) is 2.15. The fourth-order valence-electron chi connectivity index (χ4n) is 1.33. The summed E-state index contributed by atoms with van der Waals surface area (Å²) in [5, 5.41) is 2.81. The Morgan fingerprint density at radius 3 is 2.12 bits per heavy atom. The fraction of sp³-hybridized carbons (Fsp3) is 0.333. The van der Waals surface area contributed by atoms with Gasteiger partial charge >= 0.3 is 13.4 Å². The first-order valence-electron chi connectivity index (χ1n) is 4.73. The number of nitrogens with one attached hydrogen (secondary N) is 1. The lowest BCUT2D eigenvalue weighted by atomic mass is 10.1. The Morgan fingerprint density at radius 2 is 1.62 bits per heavy atom. The molecule has 0 unspecified atom stereocenters. The van der Waals surface area contributed by atoms with Crippen LogP contribution in [0.1, 0.15) is 5.56 Å². The average molecular weight is 231 g/mol. The maximum Gasteiger partial charge on any atom is 0.590 e. The van der Waals surface area contributed by atoms with E-state index < -0.39 is 19.0 Å². The number of hydrogen-bond donors (Lipinski definition) is 1. The molecule has 16 heavy (non-hydrogen) atoms. The molecule has 0 saturated carbocycles. The third-order valence-corrected chi connectivity index (χ3v) is 2.12. The third kappa shape index (κ3) is 2.68. The second kappa shape index (κ2) is 4.35. The number of rotatable bonds is 2. The summed E-state index contributed by atoms with van der Waals surface area (Å²) in [4.78, 5) is 0. The van der Waals surface area contributed by atoms with Crippen LogP contribution >= 0.6 is 0 Å². The molecule has 1 fully saturated rings. The van der Waals surface area contributed by atoms with Crippen molar-refractivity contribution in [2.75, 3.05) is 18.4 Å². The third-order valence-electron chi connectivity index (χ3n) is 2.12. The zero-order chi connectivity index (χ0) is 11.6. The highest BCUT2D eigenvalue weighted by molar-refractivity contribution is 6.49. The number of anilines is 1. The molecule has 1 aromatic rings. The van der Waals surface area contributed by atoms with Gasteiger partial charge < -0.3 is 14.5 Å². The molecule has 0 atom stereocenters. The lowest BCUT2D eigenvalue weighted by Gasteiger charge is -2.10. The molecule has 0 bridgehead atoms. The number of benzene rings is 1. The second-order valence-electron chi connectivity index (χ2n) is 3.29. The van der Waals surface area contributed by atoms with Crippen LogP contribution in [0.15, 0.2) is 24.3 Å². The van der Waals surface area contributed by atoms with Crippen LogP contribution in [0.5, 0.6) is 0 Å². The van der Waals surface area contributed by atoms with Gasteiger partial charge in [-0.05, 0) is 24.3 Å². The van der Waals surface area contributed by atoms with Crippen LogP contribution in [0.4, 0.5) is 18.9 Å². The lowest BCUT2D eigenvalue weighted by molar-refractivity contribution is -0.137. The van der Waals surface area contributed by atoms with Crippen molar-refractivity contribution in [1.82, 2.24) is 0 Å². The number of hydrogen-bond acceptors (Lipinski definition) is 3. The largest absolute Gasteiger partial charge is 0.590 e. The molecule has 2 rings (SSSR count). The van der Waals surface area contributed by atoms with E-state index in [1.54, 1.807) is 0 Å². The Labute approximate surface area is 90.7 Å². The van der Waals surface area contributed by atoms with Gasteiger partial charge in [0.15, 0.2) is 0 Å². The highest BCUT2D eigenvalue weighted by Crippen LogP contribution is 2.29. The van der Waals surface area contributed by atoms with Crippen molar-refractivity contribution in [3.63, 3.8) is 0 Å². The van der Waals surface area contributed by atoms with Crippen LogP contribution in [-0.4, -0.2) is 20.5 Å². The van der Waals surface area contributed by atoms with Crippen molar-refractivity contribution >= 4 is 12.9 Å². The quantitative estimate of drug-likeness (QED) is 0.791. The van der Waals surface area contributed by atoms with E-state index in [1.807, 2.05) is 0 Å². The number of alkyl halides is 3. The molecule has 1 aromatic carbocycles. The van der Waals surface area contributed by atoms with E-state index in [0.29, 0.717) is 18.9 Å². The Bertz CT molecular complexity index is 349. The summed E-state index contributed by atoms with van der Waals surface area (Å²) >= 11 is 0. The zero-order valence-corrected chi connectivity index (χ0v) is 8.25. The van der Waals surface area contributed by atoms with E-state index in [2.05, 4.69) is 5.23 Å². The van der Waals surface area contributed by atoms with Crippen LogP contribution in [0, 0.1) is 0 Å². The average Bonchev–Trinajstić information content (AvgIpc) is 2.70. The maximum absolute atomic E-state index is 12.3. The molecule has 0 radical (unpaired) electrons. The molecule has 3 nitrogen and oxygen atoms in total. The Kier molecular flexibility index (Phi) is 3.07. The van der Waals surface area contributed by atoms with Crippen LogP contribution in [0.2, 0.25) is 0 Å². The van der Waals surface area contributed by atoms with Crippen molar-refractivity contribution in [1.29, 1.82) is 0 Å². The molecule has 0 aromatic heterocycles. The van der Waals surface area contributed by atoms with E-state index in [4.69, 9.17) is 9.31 Å². The fourth-order valence-corrected chi connectivity index (χ4v) is 1.33. The van der Waals surface area contributed by atoms with Crippen molar-refractivity contribution in [3.8, 4) is 0 Å². The van der Waals surface area contributed by atoms with E-state index in [0.717, 1.165) is 12.1 Å². The van der Waals surface area contributed by atoms with E-state index in [-0.39, 0.29) is 0 Å². The van der Waals surface area contributed by atoms with E-state index in [1.165, 1.54) is 12.1 Å². The monoisotopic (exact) mass is 231 g/mol. The van der Waals surface area contributed by atoms with Crippen LogP contribution < -0.4 is 5.23 Å². The van der Waals surface area contributed by atoms with Gasteiger partial charge in [-0.15, -0.1) is 0 Å². The molecular weight excluding hydrogens is 222 g/mol.